The molecule has 1 aliphatic rings. The van der Waals surface area contributed by atoms with Crippen LogP contribution in [0.25, 0.3) is 20.4 Å². The zero-order chi connectivity index (χ0) is 19.2. The Bertz CT molecular complexity index is 957. The van der Waals surface area contributed by atoms with Crippen LogP contribution < -0.4 is 9.86 Å². The first-order valence-electron chi connectivity index (χ1n) is 9.32. The van der Waals surface area contributed by atoms with Crippen molar-refractivity contribution in [3.63, 3.8) is 0 Å². The van der Waals surface area contributed by atoms with E-state index >= 15 is 0 Å². The minimum atomic E-state index is 0.681. The lowest BCUT2D eigenvalue weighted by Gasteiger charge is -2.21. The Kier molecular flexibility index (Phi) is 7.22. The summed E-state index contributed by atoms with van der Waals surface area (Å²) in [4.78, 5) is 8.90. The molecule has 0 atom stereocenters. The summed E-state index contributed by atoms with van der Waals surface area (Å²) in [6.07, 6.45) is 6.79. The average Bonchev–Trinajstić information content (AvgIpc) is 3.37. The van der Waals surface area contributed by atoms with Gasteiger partial charge in [0.1, 0.15) is 0 Å². The van der Waals surface area contributed by atoms with Gasteiger partial charge in [-0.25, -0.2) is 9.97 Å². The second kappa shape index (κ2) is 10.0. The van der Waals surface area contributed by atoms with Crippen LogP contribution in [0.4, 0.5) is 0 Å². The third kappa shape index (κ3) is 5.25. The van der Waals surface area contributed by atoms with Gasteiger partial charge in [0.25, 0.3) is 0 Å². The second-order valence-corrected chi connectivity index (χ2v) is 10.6. The lowest BCUT2D eigenvalue weighted by molar-refractivity contribution is 0.423. The molecule has 4 aromatic rings. The molecule has 28 heavy (non-hydrogen) atoms. The molecule has 0 bridgehead atoms. The van der Waals surface area contributed by atoms with Gasteiger partial charge in [0.05, 0.1) is 20.4 Å². The lowest BCUT2D eigenvalue weighted by atomic mass is 9.96. The first-order valence-corrected chi connectivity index (χ1v) is 12.6. The number of nitrogens with zero attached hydrogens (tertiary/aromatic N) is 2. The number of benzene rings is 2. The monoisotopic (exact) mass is 446 g/mol. The molecule has 0 unspecified atom stereocenters. The van der Waals surface area contributed by atoms with Gasteiger partial charge in [-0.2, -0.15) is 0 Å². The Morgan fingerprint density at radius 1 is 0.821 bits per heavy atom. The molecule has 4 nitrogen and oxygen atoms in total. The maximum atomic E-state index is 5.38. The summed E-state index contributed by atoms with van der Waals surface area (Å²) in [5.74, 6) is 0. The maximum Gasteiger partial charge on any atom is 0.166 e. The van der Waals surface area contributed by atoms with Crippen LogP contribution >= 0.6 is 46.6 Å². The van der Waals surface area contributed by atoms with Crippen molar-refractivity contribution in [2.75, 3.05) is 0 Å². The normalized spacial score (nSPS) is 14.9. The van der Waals surface area contributed by atoms with Gasteiger partial charge in [0, 0.05) is 6.04 Å². The highest BCUT2D eigenvalue weighted by atomic mass is 32.2. The van der Waals surface area contributed by atoms with Crippen molar-refractivity contribution in [3.8, 4) is 0 Å². The van der Waals surface area contributed by atoms with Gasteiger partial charge in [0.15, 0.2) is 8.68 Å². The second-order valence-electron chi connectivity index (χ2n) is 6.57. The summed E-state index contributed by atoms with van der Waals surface area (Å²) in [6, 6.07) is 17.0. The van der Waals surface area contributed by atoms with Crippen molar-refractivity contribution in [2.45, 2.75) is 46.8 Å². The van der Waals surface area contributed by atoms with E-state index in [4.69, 9.17) is 5.14 Å². The Labute approximate surface area is 181 Å². The molecule has 0 aliphatic heterocycles. The van der Waals surface area contributed by atoms with E-state index in [1.165, 1.54) is 53.5 Å². The fourth-order valence-electron chi connectivity index (χ4n) is 3.15. The number of nitrogens with one attached hydrogen (secondary N) is 1. The number of aromatic nitrogens is 2. The van der Waals surface area contributed by atoms with Gasteiger partial charge in [-0.15, -0.1) is 22.7 Å². The summed E-state index contributed by atoms with van der Waals surface area (Å²) in [5, 5.41) is 5.38. The third-order valence-electron chi connectivity index (χ3n) is 4.57. The summed E-state index contributed by atoms with van der Waals surface area (Å²) >= 11 is 6.31. The van der Waals surface area contributed by atoms with Crippen molar-refractivity contribution in [3.05, 3.63) is 48.5 Å². The third-order valence-corrected chi connectivity index (χ3v) is 8.28. The largest absolute Gasteiger partial charge is 0.272 e. The number of hydrogen-bond acceptors (Lipinski definition) is 8. The van der Waals surface area contributed by atoms with Crippen LogP contribution in [-0.4, -0.2) is 16.0 Å². The molecule has 1 fully saturated rings. The number of nitrogens with two attached hydrogens (primary N) is 1. The van der Waals surface area contributed by atoms with E-state index in [-0.39, 0.29) is 0 Å². The molecule has 146 valence electrons. The summed E-state index contributed by atoms with van der Waals surface area (Å²) < 4.78 is 8.09. The van der Waals surface area contributed by atoms with E-state index in [2.05, 4.69) is 32.9 Å². The van der Waals surface area contributed by atoms with Gasteiger partial charge in [-0.1, -0.05) is 43.5 Å². The van der Waals surface area contributed by atoms with E-state index in [1.807, 2.05) is 30.3 Å². The maximum absolute atomic E-state index is 5.38. The van der Waals surface area contributed by atoms with Crippen LogP contribution in [0.15, 0.2) is 57.2 Å². The number of para-hydroxylation sites is 2. The van der Waals surface area contributed by atoms with E-state index in [0.717, 1.165) is 19.7 Å². The Morgan fingerprint density at radius 2 is 1.39 bits per heavy atom. The van der Waals surface area contributed by atoms with Crippen molar-refractivity contribution in [2.24, 2.45) is 5.14 Å². The molecule has 0 amide bonds. The molecule has 3 N–H and O–H groups in total. The number of hydrogen-bond donors (Lipinski definition) is 2. The molecule has 8 heteroatoms. The average molecular weight is 447 g/mol. The Morgan fingerprint density at radius 3 is 2.00 bits per heavy atom. The van der Waals surface area contributed by atoms with Crippen molar-refractivity contribution in [1.82, 2.24) is 14.7 Å². The van der Waals surface area contributed by atoms with Crippen molar-refractivity contribution in [1.29, 1.82) is 0 Å². The number of thiazole rings is 2. The molecule has 2 heterocycles. The highest BCUT2D eigenvalue weighted by Crippen LogP contribution is 2.29. The van der Waals surface area contributed by atoms with Crippen LogP contribution in [0, 0.1) is 0 Å². The molecule has 0 saturated heterocycles. The van der Waals surface area contributed by atoms with E-state index in [9.17, 15) is 0 Å². The van der Waals surface area contributed by atoms with Crippen LogP contribution in [0.2, 0.25) is 0 Å². The van der Waals surface area contributed by atoms with Crippen molar-refractivity contribution < 1.29 is 0 Å². The molecule has 0 spiro atoms. The Hall–Kier alpha value is -1.16. The van der Waals surface area contributed by atoms with Crippen LogP contribution in [0.3, 0.4) is 0 Å². The standard InChI is InChI=1S/C13H16N2S2.C7H6N2S2/c1-2-6-10(7-3-1)15-17-13-14-11-8-4-5-9-12(11)16-13;8-11-7-9-5-3-1-2-4-6(5)10-7/h4-5,8-10,15H,1-3,6-7H2;1-4H,8H2. The van der Waals surface area contributed by atoms with Gasteiger partial charge in [0.2, 0.25) is 0 Å². The zero-order valence-corrected chi connectivity index (χ0v) is 18.6. The molecular formula is C20H22N4S4. The van der Waals surface area contributed by atoms with E-state index in [0.29, 0.717) is 6.04 Å². The molecular weight excluding hydrogens is 425 g/mol. The smallest absolute Gasteiger partial charge is 0.166 e. The predicted molar refractivity (Wildman–Crippen MR) is 125 cm³/mol. The lowest BCUT2D eigenvalue weighted by Crippen LogP contribution is -2.25. The molecule has 5 rings (SSSR count). The summed E-state index contributed by atoms with van der Waals surface area (Å²) in [6.45, 7) is 0. The zero-order valence-electron chi connectivity index (χ0n) is 15.3. The van der Waals surface area contributed by atoms with Gasteiger partial charge in [-0.05, 0) is 61.0 Å². The minimum absolute atomic E-state index is 0.681. The molecule has 1 aliphatic carbocycles. The quantitative estimate of drug-likeness (QED) is 0.349. The minimum Gasteiger partial charge on any atom is -0.272 e. The highest BCUT2D eigenvalue weighted by molar-refractivity contribution is 7.99. The van der Waals surface area contributed by atoms with Crippen LogP contribution in [-0.2, 0) is 0 Å². The van der Waals surface area contributed by atoms with Crippen molar-refractivity contribution >= 4 is 67.0 Å². The number of rotatable bonds is 4. The first kappa shape index (κ1) is 20.1. The first-order chi connectivity index (χ1) is 13.8. The van der Waals surface area contributed by atoms with E-state index in [1.54, 1.807) is 34.6 Å². The van der Waals surface area contributed by atoms with Gasteiger partial charge < -0.3 is 0 Å². The highest BCUT2D eigenvalue weighted by Gasteiger charge is 2.14. The molecule has 1 saturated carbocycles. The molecule has 0 radical (unpaired) electrons. The van der Waals surface area contributed by atoms with Crippen LogP contribution in [0.5, 0.6) is 0 Å². The fraction of sp³-hybridized carbons (Fsp3) is 0.300. The van der Waals surface area contributed by atoms with Crippen LogP contribution in [0.1, 0.15) is 32.1 Å². The topological polar surface area (TPSA) is 63.8 Å². The van der Waals surface area contributed by atoms with Gasteiger partial charge in [-0.3, -0.25) is 9.86 Å². The SMILES string of the molecule is NSc1nc2ccccc2s1.c1ccc2sc(SNC3CCCCC3)nc2c1. The molecule has 2 aromatic carbocycles. The van der Waals surface area contributed by atoms with Gasteiger partial charge >= 0.3 is 0 Å². The Balaban J connectivity index is 0.000000151. The summed E-state index contributed by atoms with van der Waals surface area (Å²) in [5.41, 5.74) is 2.15. The number of fused-ring (bicyclic) bond motifs is 2. The summed E-state index contributed by atoms with van der Waals surface area (Å²) in [7, 11) is 0. The molecule has 2 aromatic heterocycles. The predicted octanol–water partition coefficient (Wildman–Crippen LogP) is 6.49. The van der Waals surface area contributed by atoms with E-state index < -0.39 is 0 Å². The fourth-order valence-corrected chi connectivity index (χ4v) is 6.38.